The molecule has 0 saturated heterocycles. The van der Waals surface area contributed by atoms with Crippen LogP contribution in [0.15, 0.2) is 24.3 Å². The van der Waals surface area contributed by atoms with Gasteiger partial charge in [-0.2, -0.15) is 0 Å². The second kappa shape index (κ2) is 4.67. The molecule has 0 bridgehead atoms. The van der Waals surface area contributed by atoms with Gasteiger partial charge in [-0.1, -0.05) is 12.1 Å². The summed E-state index contributed by atoms with van der Waals surface area (Å²) in [5.41, 5.74) is 1.03. The third-order valence-corrected chi connectivity index (χ3v) is 3.07. The fraction of sp³-hybridized carbons (Fsp3) is 0.455. The highest BCUT2D eigenvalue weighted by molar-refractivity contribution is 6.21. The monoisotopic (exact) mass is 213 g/mol. The van der Waals surface area contributed by atoms with Crippen molar-refractivity contribution in [1.82, 2.24) is 4.90 Å². The number of hydrogen-bond acceptors (Lipinski definition) is 2. The molecule has 78 valence electrons. The molecule has 2 nitrogen and oxygen atoms in total. The number of phenols is 1. The predicted octanol–water partition coefficient (Wildman–Crippen LogP) is 2.62. The van der Waals surface area contributed by atoms with Crippen LogP contribution < -0.4 is 0 Å². The standard InChI is InChI=1S/C11H16ClNO/c1-8(13(2)3)11(12)9-4-6-10(14)7-5-9/h4-8,11,14H,1-3H3. The van der Waals surface area contributed by atoms with Gasteiger partial charge in [0.2, 0.25) is 0 Å². The fourth-order valence-corrected chi connectivity index (χ4v) is 1.57. The Morgan fingerprint density at radius 2 is 1.71 bits per heavy atom. The molecule has 1 aromatic carbocycles. The van der Waals surface area contributed by atoms with E-state index in [0.29, 0.717) is 0 Å². The number of benzene rings is 1. The lowest BCUT2D eigenvalue weighted by molar-refractivity contribution is 0.306. The maximum Gasteiger partial charge on any atom is 0.115 e. The smallest absolute Gasteiger partial charge is 0.115 e. The zero-order valence-corrected chi connectivity index (χ0v) is 9.49. The Morgan fingerprint density at radius 3 is 2.14 bits per heavy atom. The molecule has 1 N–H and O–H groups in total. The van der Waals surface area contributed by atoms with Crippen LogP contribution in [0.3, 0.4) is 0 Å². The van der Waals surface area contributed by atoms with Gasteiger partial charge in [0.15, 0.2) is 0 Å². The van der Waals surface area contributed by atoms with E-state index in [9.17, 15) is 0 Å². The van der Waals surface area contributed by atoms with Gasteiger partial charge in [-0.3, -0.25) is 0 Å². The summed E-state index contributed by atoms with van der Waals surface area (Å²) in [4.78, 5) is 2.07. The van der Waals surface area contributed by atoms with Crippen LogP contribution in [0.5, 0.6) is 5.75 Å². The molecule has 0 aliphatic carbocycles. The molecule has 0 fully saturated rings. The van der Waals surface area contributed by atoms with Crippen molar-refractivity contribution in [3.8, 4) is 5.75 Å². The molecule has 2 atom stereocenters. The van der Waals surface area contributed by atoms with E-state index in [0.717, 1.165) is 5.56 Å². The molecule has 0 spiro atoms. The Bertz CT molecular complexity index is 284. The Labute approximate surface area is 90.1 Å². The van der Waals surface area contributed by atoms with Crippen molar-refractivity contribution < 1.29 is 5.11 Å². The lowest BCUT2D eigenvalue weighted by atomic mass is 10.1. The lowest BCUT2D eigenvalue weighted by Gasteiger charge is -2.24. The molecular weight excluding hydrogens is 198 g/mol. The quantitative estimate of drug-likeness (QED) is 0.781. The topological polar surface area (TPSA) is 23.5 Å². The van der Waals surface area contributed by atoms with Crippen LogP contribution in [0.4, 0.5) is 0 Å². The summed E-state index contributed by atoms with van der Waals surface area (Å²) < 4.78 is 0. The van der Waals surface area contributed by atoms with E-state index in [1.807, 2.05) is 26.2 Å². The number of likely N-dealkylation sites (N-methyl/N-ethyl adjacent to an activating group) is 1. The first-order chi connectivity index (χ1) is 6.52. The minimum absolute atomic E-state index is 0.0504. The molecule has 14 heavy (non-hydrogen) atoms. The second-order valence-corrected chi connectivity index (χ2v) is 4.17. The Morgan fingerprint density at radius 1 is 1.21 bits per heavy atom. The number of hydrogen-bond donors (Lipinski definition) is 1. The highest BCUT2D eigenvalue weighted by atomic mass is 35.5. The molecule has 0 aliphatic rings. The molecule has 0 radical (unpaired) electrons. The molecule has 2 unspecified atom stereocenters. The highest BCUT2D eigenvalue weighted by Gasteiger charge is 2.17. The van der Waals surface area contributed by atoms with Crippen molar-refractivity contribution in [2.24, 2.45) is 0 Å². The molecule has 3 heteroatoms. The molecule has 0 saturated carbocycles. The van der Waals surface area contributed by atoms with Gasteiger partial charge in [0, 0.05) is 6.04 Å². The largest absolute Gasteiger partial charge is 0.508 e. The number of phenolic OH excluding ortho intramolecular Hbond substituents is 1. The number of alkyl halides is 1. The van der Waals surface area contributed by atoms with Crippen LogP contribution in [0.1, 0.15) is 17.9 Å². The zero-order valence-electron chi connectivity index (χ0n) is 8.74. The van der Waals surface area contributed by atoms with Crippen molar-refractivity contribution in [2.75, 3.05) is 14.1 Å². The van der Waals surface area contributed by atoms with Gasteiger partial charge in [0.05, 0.1) is 5.38 Å². The normalized spacial score (nSPS) is 15.5. The first-order valence-electron chi connectivity index (χ1n) is 4.62. The molecule has 0 aliphatic heterocycles. The fourth-order valence-electron chi connectivity index (χ4n) is 1.20. The number of nitrogens with zero attached hydrogens (tertiary/aromatic N) is 1. The predicted molar refractivity (Wildman–Crippen MR) is 59.8 cm³/mol. The van der Waals surface area contributed by atoms with Gasteiger partial charge in [-0.25, -0.2) is 0 Å². The van der Waals surface area contributed by atoms with Crippen molar-refractivity contribution in [3.63, 3.8) is 0 Å². The summed E-state index contributed by atoms with van der Waals surface area (Å²) in [7, 11) is 4.00. The van der Waals surface area contributed by atoms with E-state index >= 15 is 0 Å². The second-order valence-electron chi connectivity index (χ2n) is 3.70. The number of halogens is 1. The summed E-state index contributed by atoms with van der Waals surface area (Å²) in [6.07, 6.45) is 0. The van der Waals surface area contributed by atoms with Gasteiger partial charge in [0.25, 0.3) is 0 Å². The molecular formula is C11H16ClNO. The molecule has 1 aromatic rings. The van der Waals surface area contributed by atoms with Crippen molar-refractivity contribution in [3.05, 3.63) is 29.8 Å². The lowest BCUT2D eigenvalue weighted by Crippen LogP contribution is -2.28. The molecule has 0 heterocycles. The maximum absolute atomic E-state index is 9.13. The van der Waals surface area contributed by atoms with E-state index in [1.165, 1.54) is 0 Å². The third kappa shape index (κ3) is 2.63. The van der Waals surface area contributed by atoms with E-state index in [2.05, 4.69) is 11.8 Å². The van der Waals surface area contributed by atoms with E-state index in [1.54, 1.807) is 12.1 Å². The minimum atomic E-state index is -0.0504. The Hall–Kier alpha value is -0.730. The van der Waals surface area contributed by atoms with Crippen molar-refractivity contribution >= 4 is 11.6 Å². The number of aromatic hydroxyl groups is 1. The van der Waals surface area contributed by atoms with Gasteiger partial charge in [0.1, 0.15) is 5.75 Å². The molecule has 1 rings (SSSR count). The summed E-state index contributed by atoms with van der Waals surface area (Å²) in [5.74, 6) is 0.273. The van der Waals surface area contributed by atoms with Crippen LogP contribution in [0.25, 0.3) is 0 Å². The minimum Gasteiger partial charge on any atom is -0.508 e. The van der Waals surface area contributed by atoms with Crippen LogP contribution in [0, 0.1) is 0 Å². The average molecular weight is 214 g/mol. The summed E-state index contributed by atoms with van der Waals surface area (Å²) in [6.45, 7) is 2.07. The summed E-state index contributed by atoms with van der Waals surface area (Å²) in [6, 6.07) is 7.29. The summed E-state index contributed by atoms with van der Waals surface area (Å²) >= 11 is 6.28. The highest BCUT2D eigenvalue weighted by Crippen LogP contribution is 2.27. The van der Waals surface area contributed by atoms with Gasteiger partial charge < -0.3 is 10.0 Å². The molecule has 0 amide bonds. The van der Waals surface area contributed by atoms with E-state index in [4.69, 9.17) is 16.7 Å². The zero-order chi connectivity index (χ0) is 10.7. The van der Waals surface area contributed by atoms with Gasteiger partial charge in [-0.05, 0) is 38.7 Å². The van der Waals surface area contributed by atoms with Crippen molar-refractivity contribution in [1.29, 1.82) is 0 Å². The van der Waals surface area contributed by atoms with Crippen LogP contribution in [-0.2, 0) is 0 Å². The van der Waals surface area contributed by atoms with E-state index in [-0.39, 0.29) is 17.2 Å². The first-order valence-corrected chi connectivity index (χ1v) is 5.05. The number of rotatable bonds is 3. The molecule has 0 aromatic heterocycles. The SMILES string of the molecule is CC(C(Cl)c1ccc(O)cc1)N(C)C. The van der Waals surface area contributed by atoms with Crippen LogP contribution >= 0.6 is 11.6 Å². The average Bonchev–Trinajstić information content (AvgIpc) is 2.16. The van der Waals surface area contributed by atoms with Gasteiger partial charge in [-0.15, -0.1) is 11.6 Å². The third-order valence-electron chi connectivity index (χ3n) is 2.45. The van der Waals surface area contributed by atoms with E-state index < -0.39 is 0 Å². The first kappa shape index (κ1) is 11.3. The van der Waals surface area contributed by atoms with Gasteiger partial charge >= 0.3 is 0 Å². The van der Waals surface area contributed by atoms with Crippen LogP contribution in [-0.4, -0.2) is 30.1 Å². The van der Waals surface area contributed by atoms with Crippen molar-refractivity contribution in [2.45, 2.75) is 18.3 Å². The Kier molecular flexibility index (Phi) is 3.78. The van der Waals surface area contributed by atoms with Crippen LogP contribution in [0.2, 0.25) is 0 Å². The Balaban J connectivity index is 2.78. The maximum atomic E-state index is 9.13. The summed E-state index contributed by atoms with van der Waals surface area (Å²) in [5, 5.41) is 9.08.